The van der Waals surface area contributed by atoms with E-state index in [0.29, 0.717) is 5.56 Å². The van der Waals surface area contributed by atoms with Gasteiger partial charge < -0.3 is 89.3 Å². The predicted octanol–water partition coefficient (Wildman–Crippen LogP) is -0.748. The highest BCUT2D eigenvalue weighted by atomic mass is 16.7. The Morgan fingerprint density at radius 2 is 1.39 bits per heavy atom. The molecule has 19 nitrogen and oxygen atoms in total. The molecule has 2 saturated heterocycles. The van der Waals surface area contributed by atoms with Crippen molar-refractivity contribution in [1.82, 2.24) is 0 Å². The lowest BCUT2D eigenvalue weighted by atomic mass is 9.98. The first-order chi connectivity index (χ1) is 26.7. The van der Waals surface area contributed by atoms with Gasteiger partial charge in [-0.25, -0.2) is 4.79 Å². The second-order valence-corrected chi connectivity index (χ2v) is 13.0. The summed E-state index contributed by atoms with van der Waals surface area (Å²) in [6.45, 7) is -1.37. The molecule has 3 aliphatic rings. The molecule has 3 aromatic carbocycles. The molecule has 0 bridgehead atoms. The molecule has 11 unspecified atom stereocenters. The van der Waals surface area contributed by atoms with Crippen molar-refractivity contribution in [1.29, 1.82) is 0 Å². The van der Waals surface area contributed by atoms with Crippen molar-refractivity contribution >= 4 is 18.1 Å². The van der Waals surface area contributed by atoms with E-state index in [4.69, 9.17) is 33.2 Å². The molecule has 0 amide bonds. The van der Waals surface area contributed by atoms with Gasteiger partial charge in [0, 0.05) is 23.8 Å². The highest BCUT2D eigenvalue weighted by Gasteiger charge is 2.48. The fourth-order valence-corrected chi connectivity index (χ4v) is 6.11. The van der Waals surface area contributed by atoms with Gasteiger partial charge >= 0.3 is 5.97 Å². The number of carbonyl (C=O) groups excluding carboxylic acids is 1. The number of rotatable bonds is 11. The number of benzene rings is 3. The molecule has 0 spiro atoms. The number of aliphatic hydroxyl groups excluding tert-OH is 7. The number of methoxy groups -OCH3 is 1. The Bertz CT molecular complexity index is 1930. The van der Waals surface area contributed by atoms with Gasteiger partial charge in [0.25, 0.3) is 0 Å². The summed E-state index contributed by atoms with van der Waals surface area (Å²) in [6, 6.07) is 10.6. The number of esters is 1. The molecular formula is C37H40O19. The molecule has 302 valence electrons. The fraction of sp³-hybridized carbons (Fsp3) is 0.378. The van der Waals surface area contributed by atoms with Gasteiger partial charge in [-0.15, -0.1) is 0 Å². The molecule has 11 N–H and O–H groups in total. The van der Waals surface area contributed by atoms with Crippen LogP contribution in [0.25, 0.3) is 12.2 Å². The molecule has 0 aromatic heterocycles. The number of ether oxygens (including phenoxy) is 7. The zero-order chi connectivity index (χ0) is 40.4. The first kappa shape index (κ1) is 40.3. The quantitative estimate of drug-likeness (QED) is 0.0647. The van der Waals surface area contributed by atoms with Crippen molar-refractivity contribution in [3.8, 4) is 40.2 Å². The molecule has 6 rings (SSSR count). The topological polar surface area (TPSA) is 304 Å². The summed E-state index contributed by atoms with van der Waals surface area (Å²) in [5.41, 5.74) is 0.639. The largest absolute Gasteiger partial charge is 0.508 e. The number of aromatic hydroxyl groups is 4. The van der Waals surface area contributed by atoms with E-state index in [-0.39, 0.29) is 39.9 Å². The van der Waals surface area contributed by atoms with E-state index in [0.717, 1.165) is 18.2 Å². The van der Waals surface area contributed by atoms with Crippen molar-refractivity contribution < 1.29 is 94.1 Å². The molecule has 19 heteroatoms. The molecule has 2 fully saturated rings. The predicted molar refractivity (Wildman–Crippen MR) is 186 cm³/mol. The van der Waals surface area contributed by atoms with Gasteiger partial charge in [-0.3, -0.25) is 0 Å². The SMILES string of the molecule is COc1cc(C2Oc3cc(O)cc(OC4OC(CO)C(O)C(O)C4O)c3C=C2OC2OC(COC(=O)C=Cc3ccc(O)cc3)C(O)C(O)C2O)cc(O)c1O. The summed E-state index contributed by atoms with van der Waals surface area (Å²) < 4.78 is 39.7. The van der Waals surface area contributed by atoms with Crippen LogP contribution in [0.3, 0.4) is 0 Å². The summed E-state index contributed by atoms with van der Waals surface area (Å²) in [5, 5.41) is 114. The molecule has 3 heterocycles. The lowest BCUT2D eigenvalue weighted by Gasteiger charge is -2.41. The molecule has 3 aromatic rings. The van der Waals surface area contributed by atoms with E-state index < -0.39 is 104 Å². The summed E-state index contributed by atoms with van der Waals surface area (Å²) in [7, 11) is 1.22. The monoisotopic (exact) mass is 788 g/mol. The zero-order valence-corrected chi connectivity index (χ0v) is 29.3. The van der Waals surface area contributed by atoms with Crippen LogP contribution in [0.4, 0.5) is 0 Å². The number of fused-ring (bicyclic) bond motifs is 1. The Morgan fingerprint density at radius 1 is 0.750 bits per heavy atom. The molecule has 56 heavy (non-hydrogen) atoms. The van der Waals surface area contributed by atoms with Crippen molar-refractivity contribution in [2.24, 2.45) is 0 Å². The minimum absolute atomic E-state index is 0.00208. The van der Waals surface area contributed by atoms with E-state index in [1.165, 1.54) is 43.5 Å². The van der Waals surface area contributed by atoms with Crippen molar-refractivity contribution in [2.45, 2.75) is 67.5 Å². The fourth-order valence-electron chi connectivity index (χ4n) is 6.11. The van der Waals surface area contributed by atoms with Crippen LogP contribution in [0.2, 0.25) is 0 Å². The van der Waals surface area contributed by atoms with E-state index in [2.05, 4.69) is 0 Å². The van der Waals surface area contributed by atoms with Gasteiger partial charge in [0.2, 0.25) is 18.3 Å². The number of aliphatic hydroxyl groups is 7. The van der Waals surface area contributed by atoms with Gasteiger partial charge in [-0.2, -0.15) is 0 Å². The second kappa shape index (κ2) is 16.8. The zero-order valence-electron chi connectivity index (χ0n) is 29.3. The van der Waals surface area contributed by atoms with Crippen LogP contribution < -0.4 is 14.2 Å². The summed E-state index contributed by atoms with van der Waals surface area (Å²) >= 11 is 0. The maximum Gasteiger partial charge on any atom is 0.330 e. The lowest BCUT2D eigenvalue weighted by Crippen LogP contribution is -2.60. The number of carbonyl (C=O) groups is 1. The van der Waals surface area contributed by atoms with Gasteiger partial charge in [-0.1, -0.05) is 12.1 Å². The third kappa shape index (κ3) is 8.40. The first-order valence-electron chi connectivity index (χ1n) is 17.0. The number of hydrogen-bond acceptors (Lipinski definition) is 19. The number of hydrogen-bond donors (Lipinski definition) is 11. The first-order valence-corrected chi connectivity index (χ1v) is 17.0. The van der Waals surface area contributed by atoms with E-state index in [1.54, 1.807) is 12.1 Å². The number of phenols is 4. The highest BCUT2D eigenvalue weighted by Crippen LogP contribution is 2.48. The van der Waals surface area contributed by atoms with Crippen LogP contribution in [0.15, 0.2) is 60.4 Å². The van der Waals surface area contributed by atoms with Crippen LogP contribution in [-0.4, -0.2) is 144 Å². The Balaban J connectivity index is 1.31. The Hall–Kier alpha value is -5.35. The van der Waals surface area contributed by atoms with E-state index >= 15 is 0 Å². The van der Waals surface area contributed by atoms with Gasteiger partial charge in [0.05, 0.1) is 19.3 Å². The van der Waals surface area contributed by atoms with Crippen LogP contribution in [0.5, 0.6) is 40.2 Å². The summed E-state index contributed by atoms with van der Waals surface area (Å²) in [6.07, 6.45) is -14.9. The van der Waals surface area contributed by atoms with Gasteiger partial charge in [0.1, 0.15) is 84.2 Å². The Labute approximate surface area is 317 Å². The van der Waals surface area contributed by atoms with Crippen LogP contribution in [0, 0.1) is 0 Å². The molecule has 3 aliphatic heterocycles. The minimum Gasteiger partial charge on any atom is -0.508 e. The third-order valence-electron chi connectivity index (χ3n) is 9.19. The molecule has 0 saturated carbocycles. The highest BCUT2D eigenvalue weighted by molar-refractivity contribution is 5.87. The van der Waals surface area contributed by atoms with Gasteiger partial charge in [0.15, 0.2) is 17.6 Å². The smallest absolute Gasteiger partial charge is 0.330 e. The molecule has 11 atom stereocenters. The van der Waals surface area contributed by atoms with Gasteiger partial charge in [-0.05, 0) is 42.0 Å². The van der Waals surface area contributed by atoms with Crippen molar-refractivity contribution in [3.63, 3.8) is 0 Å². The molecule has 0 radical (unpaired) electrons. The Kier molecular flexibility index (Phi) is 12.1. The van der Waals surface area contributed by atoms with Crippen LogP contribution in [-0.2, 0) is 23.7 Å². The molecule has 0 aliphatic carbocycles. The average molecular weight is 789 g/mol. The maximum absolute atomic E-state index is 12.5. The normalized spacial score (nSPS) is 30.1. The van der Waals surface area contributed by atoms with Crippen LogP contribution in [0.1, 0.15) is 22.8 Å². The average Bonchev–Trinajstić information content (AvgIpc) is 3.18. The second-order valence-electron chi connectivity index (χ2n) is 13.0. The maximum atomic E-state index is 12.5. The summed E-state index contributed by atoms with van der Waals surface area (Å²) in [4.78, 5) is 12.5. The summed E-state index contributed by atoms with van der Waals surface area (Å²) in [5.74, 6) is -3.28. The lowest BCUT2D eigenvalue weighted by molar-refractivity contribution is -0.294. The van der Waals surface area contributed by atoms with E-state index in [1.807, 2.05) is 0 Å². The van der Waals surface area contributed by atoms with E-state index in [9.17, 15) is 61.0 Å². The minimum atomic E-state index is -1.93. The van der Waals surface area contributed by atoms with Crippen molar-refractivity contribution in [2.75, 3.05) is 20.3 Å². The Morgan fingerprint density at radius 3 is 2.05 bits per heavy atom. The number of phenolic OH excluding ortho intramolecular Hbond substituents is 4. The standard InChI is InChI=1S/C37H40O19/c1-50-23-9-16(8-20(41)28(23)43)35-24(12-19-21(52-35)10-18(40)11-22(19)53-36-33(48)31(46)29(44)25(13-38)55-36)54-37-34(49)32(47)30(45)26(56-37)14-51-27(42)7-4-15-2-5-17(39)6-3-15/h2-12,25-26,29-41,43-49H,13-14H2,1H3. The van der Waals surface area contributed by atoms with Crippen molar-refractivity contribution in [3.05, 3.63) is 77.1 Å². The third-order valence-corrected chi connectivity index (χ3v) is 9.19. The van der Waals surface area contributed by atoms with Crippen LogP contribution >= 0.6 is 0 Å². The molecular weight excluding hydrogens is 748 g/mol.